The molecule has 0 aliphatic carbocycles. The van der Waals surface area contributed by atoms with Gasteiger partial charge in [-0.15, -0.1) is 0 Å². The Hall–Kier alpha value is -4.42. The van der Waals surface area contributed by atoms with E-state index in [2.05, 4.69) is 12.2 Å². The lowest BCUT2D eigenvalue weighted by molar-refractivity contribution is -0.120. The summed E-state index contributed by atoms with van der Waals surface area (Å²) in [5, 5.41) is 12.0. The molecule has 0 spiro atoms. The number of ketones is 1. The van der Waals surface area contributed by atoms with Gasteiger partial charge >= 0.3 is 5.97 Å². The van der Waals surface area contributed by atoms with Crippen molar-refractivity contribution in [1.29, 1.82) is 0 Å². The van der Waals surface area contributed by atoms with E-state index in [4.69, 9.17) is 14.2 Å². The lowest BCUT2D eigenvalue weighted by Crippen LogP contribution is -2.40. The Morgan fingerprint density at radius 3 is 1.71 bits per heavy atom. The summed E-state index contributed by atoms with van der Waals surface area (Å²) in [7, 11) is -2.41. The largest absolute Gasteiger partial charge is 0.497 e. The molecule has 1 unspecified atom stereocenters. The van der Waals surface area contributed by atoms with E-state index in [1.807, 2.05) is 0 Å². The normalized spacial score (nSPS) is 11.9. The Morgan fingerprint density at radius 2 is 1.20 bits per heavy atom. The zero-order chi connectivity index (χ0) is 40.1. The number of sulfonamides is 1. The fourth-order valence-corrected chi connectivity index (χ4v) is 7.71. The minimum absolute atomic E-state index is 0.00153. The second-order valence-electron chi connectivity index (χ2n) is 13.6. The Kier molecular flexibility index (Phi) is 19.8. The number of carbonyl (C=O) groups is 3. The number of aromatic carboxylic acids is 1. The smallest absolute Gasteiger partial charge is 0.335 e. The predicted molar refractivity (Wildman–Crippen MR) is 216 cm³/mol. The molecule has 0 radical (unpaired) electrons. The van der Waals surface area contributed by atoms with Gasteiger partial charge in [0.2, 0.25) is 21.9 Å². The maximum atomic E-state index is 14.0. The molecule has 0 aliphatic heterocycles. The number of carbonyl (C=O) groups excluding carboxylic acids is 2. The zero-order valence-corrected chi connectivity index (χ0v) is 33.8. The number of benzene rings is 3. The molecule has 55 heavy (non-hydrogen) atoms. The maximum Gasteiger partial charge on any atom is 0.335 e. The van der Waals surface area contributed by atoms with Crippen molar-refractivity contribution in [3.05, 3.63) is 77.9 Å². The first-order valence-corrected chi connectivity index (χ1v) is 21.3. The number of carboxylic acids is 1. The number of unbranched alkanes of at least 4 members (excludes halogenated alkanes) is 13. The Labute approximate surface area is 327 Å². The third-order valence-electron chi connectivity index (χ3n) is 9.51. The lowest BCUT2D eigenvalue weighted by Gasteiger charge is -2.22. The van der Waals surface area contributed by atoms with Crippen molar-refractivity contribution in [1.82, 2.24) is 4.31 Å². The molecule has 302 valence electrons. The number of carboxylic acid groups (broad SMARTS) is 1. The number of rotatable bonds is 28. The summed E-state index contributed by atoms with van der Waals surface area (Å²) in [5.41, 5.74) is 0.234. The quantitative estimate of drug-likeness (QED) is 0.0417. The summed E-state index contributed by atoms with van der Waals surface area (Å²) >= 11 is 0. The van der Waals surface area contributed by atoms with E-state index in [0.717, 1.165) is 19.3 Å². The molecule has 1 amide bonds. The number of ether oxygens (including phenoxy) is 3. The van der Waals surface area contributed by atoms with Crippen molar-refractivity contribution in [2.75, 3.05) is 32.1 Å². The van der Waals surface area contributed by atoms with Crippen molar-refractivity contribution in [2.45, 2.75) is 122 Å². The third kappa shape index (κ3) is 14.6. The molecule has 0 heterocycles. The first-order chi connectivity index (χ1) is 26.5. The van der Waals surface area contributed by atoms with Gasteiger partial charge in [0.25, 0.3) is 5.91 Å². The number of nitrogens with one attached hydrogen (secondary N) is 1. The van der Waals surface area contributed by atoms with Crippen LogP contribution in [-0.4, -0.2) is 68.4 Å². The summed E-state index contributed by atoms with van der Waals surface area (Å²) in [6, 6.07) is 15.8. The Morgan fingerprint density at radius 1 is 0.691 bits per heavy atom. The highest BCUT2D eigenvalue weighted by atomic mass is 32.2. The van der Waals surface area contributed by atoms with Crippen LogP contribution in [0.5, 0.6) is 17.2 Å². The summed E-state index contributed by atoms with van der Waals surface area (Å²) in [6.07, 6.45) is 15.4. The van der Waals surface area contributed by atoms with Crippen LogP contribution in [0.1, 0.15) is 131 Å². The van der Waals surface area contributed by atoms with Crippen molar-refractivity contribution in [3.63, 3.8) is 0 Å². The van der Waals surface area contributed by atoms with Crippen molar-refractivity contribution < 1.29 is 42.1 Å². The highest BCUT2D eigenvalue weighted by Crippen LogP contribution is 2.31. The van der Waals surface area contributed by atoms with Gasteiger partial charge in [0.15, 0.2) is 0 Å². The van der Waals surface area contributed by atoms with Gasteiger partial charge in [0, 0.05) is 18.7 Å². The van der Waals surface area contributed by atoms with Gasteiger partial charge in [-0.3, -0.25) is 9.59 Å². The van der Waals surface area contributed by atoms with Gasteiger partial charge in [0.05, 0.1) is 29.9 Å². The van der Waals surface area contributed by atoms with Crippen LogP contribution in [0.4, 0.5) is 5.69 Å². The van der Waals surface area contributed by atoms with Gasteiger partial charge < -0.3 is 24.6 Å². The molecule has 0 aromatic heterocycles. The Bertz CT molecular complexity index is 1720. The SMILES string of the molecule is CCCCCCCCCCCCCCCCOc1ccc(S(=O)(=O)N(CC)CC)cc1NC(=O)C(Oc1ccc(C(=O)O)cc1)C(=O)c1ccc(OC)cc1. The van der Waals surface area contributed by atoms with Crippen LogP contribution < -0.4 is 19.5 Å². The van der Waals surface area contributed by atoms with Crippen LogP contribution in [-0.2, 0) is 14.8 Å². The maximum absolute atomic E-state index is 14.0. The van der Waals surface area contributed by atoms with Crippen molar-refractivity contribution in [2.24, 2.45) is 0 Å². The van der Waals surface area contributed by atoms with Gasteiger partial charge in [-0.2, -0.15) is 4.31 Å². The molecule has 3 aromatic rings. The number of hydrogen-bond donors (Lipinski definition) is 2. The molecule has 0 bridgehead atoms. The highest BCUT2D eigenvalue weighted by Gasteiger charge is 2.32. The average molecular weight is 781 g/mol. The first-order valence-electron chi connectivity index (χ1n) is 19.8. The molecule has 3 aromatic carbocycles. The van der Waals surface area contributed by atoms with Crippen LogP contribution in [0.3, 0.4) is 0 Å². The lowest BCUT2D eigenvalue weighted by atomic mass is 10.0. The monoisotopic (exact) mass is 780 g/mol. The first kappa shape index (κ1) is 45.0. The van der Waals surface area contributed by atoms with Crippen LogP contribution in [0.25, 0.3) is 0 Å². The predicted octanol–water partition coefficient (Wildman–Crippen LogP) is 9.55. The molecule has 0 saturated heterocycles. The number of Topliss-reactive ketones (excluding diaryl/α,β-unsaturated/α-hetero) is 1. The van der Waals surface area contributed by atoms with Crippen LogP contribution in [0, 0.1) is 0 Å². The van der Waals surface area contributed by atoms with Crippen molar-refractivity contribution >= 4 is 33.4 Å². The zero-order valence-electron chi connectivity index (χ0n) is 33.0. The van der Waals surface area contributed by atoms with E-state index in [1.165, 1.54) is 137 Å². The highest BCUT2D eigenvalue weighted by molar-refractivity contribution is 7.89. The molecule has 11 nitrogen and oxygen atoms in total. The molecular weight excluding hydrogens is 721 g/mol. The minimum atomic E-state index is -3.90. The Balaban J connectivity index is 1.73. The van der Waals surface area contributed by atoms with E-state index < -0.39 is 33.8 Å². The molecule has 0 aliphatic rings. The third-order valence-corrected chi connectivity index (χ3v) is 11.6. The average Bonchev–Trinajstić information content (AvgIpc) is 3.19. The molecule has 2 N–H and O–H groups in total. The second kappa shape index (κ2) is 24.2. The minimum Gasteiger partial charge on any atom is -0.497 e. The van der Waals surface area contributed by atoms with Crippen LogP contribution >= 0.6 is 0 Å². The van der Waals surface area contributed by atoms with E-state index in [1.54, 1.807) is 26.0 Å². The summed E-state index contributed by atoms with van der Waals surface area (Å²) in [6.45, 7) is 6.59. The number of anilines is 1. The van der Waals surface area contributed by atoms with Gasteiger partial charge in [-0.05, 0) is 73.2 Å². The van der Waals surface area contributed by atoms with Gasteiger partial charge in [-0.25, -0.2) is 13.2 Å². The number of nitrogens with zero attached hydrogens (tertiary/aromatic N) is 1. The van der Waals surface area contributed by atoms with E-state index in [9.17, 15) is 27.9 Å². The fraction of sp³-hybridized carbons (Fsp3) is 0.512. The summed E-state index contributed by atoms with van der Waals surface area (Å²) in [4.78, 5) is 39.2. The van der Waals surface area contributed by atoms with Crippen molar-refractivity contribution in [3.8, 4) is 17.2 Å². The molecule has 12 heteroatoms. The molecule has 1 atom stereocenters. The molecule has 0 saturated carbocycles. The topological polar surface area (TPSA) is 149 Å². The van der Waals surface area contributed by atoms with Crippen LogP contribution in [0.2, 0.25) is 0 Å². The molecule has 0 fully saturated rings. The van der Waals surface area contributed by atoms with Gasteiger partial charge in [0.1, 0.15) is 17.2 Å². The van der Waals surface area contributed by atoms with Gasteiger partial charge in [-0.1, -0.05) is 104 Å². The summed E-state index contributed by atoms with van der Waals surface area (Å²) in [5.74, 6) is -1.85. The van der Waals surface area contributed by atoms with Crippen LogP contribution in [0.15, 0.2) is 71.6 Å². The summed E-state index contributed by atoms with van der Waals surface area (Å²) < 4.78 is 45.5. The molecule has 3 rings (SSSR count). The standard InChI is InChI=1S/C43H60N2O9S/c1-5-8-9-10-11-12-13-14-15-16-17-18-19-20-31-53-39-30-29-37(55(50,51)45(6-2)7-3)32-38(39)44-42(47)41(40(46)33-21-25-35(52-4)26-22-33)54-36-27-23-34(24-28-36)43(48)49/h21-30,32,41H,5-20,31H2,1-4H3,(H,44,47)(H,48,49). The molecular formula is C43H60N2O9S. The van der Waals surface area contributed by atoms with E-state index in [0.29, 0.717) is 12.4 Å². The number of amides is 1. The van der Waals surface area contributed by atoms with E-state index >= 15 is 0 Å². The number of hydrogen-bond acceptors (Lipinski definition) is 8. The fourth-order valence-electron chi connectivity index (χ4n) is 6.23. The van der Waals surface area contributed by atoms with E-state index in [-0.39, 0.29) is 46.3 Å². The second-order valence-corrected chi connectivity index (χ2v) is 15.5. The number of methoxy groups -OCH3 is 1.